The smallest absolute Gasteiger partial charge is 0.317 e. The number of nitrogens with two attached hydrogens (primary N) is 1. The summed E-state index contributed by atoms with van der Waals surface area (Å²) in [4.78, 5) is 15.4. The number of carbonyl (C=O) groups is 1. The van der Waals surface area contributed by atoms with Gasteiger partial charge in [-0.3, -0.25) is 14.6 Å². The molecule has 0 radical (unpaired) electrons. The van der Waals surface area contributed by atoms with E-state index in [2.05, 4.69) is 30.6 Å². The maximum absolute atomic E-state index is 11.0. The molecule has 1 saturated heterocycles. The molecule has 6 nitrogen and oxygen atoms in total. The van der Waals surface area contributed by atoms with Crippen LogP contribution in [0.2, 0.25) is 0 Å². The molecule has 25 heavy (non-hydrogen) atoms. The minimum atomic E-state index is -0.763. The molecule has 1 aromatic carbocycles. The molecule has 1 aliphatic heterocycles. The first-order chi connectivity index (χ1) is 11.8. The summed E-state index contributed by atoms with van der Waals surface area (Å²) in [6, 6.07) is 4.47. The largest absolute Gasteiger partial charge is 0.492 e. The maximum Gasteiger partial charge on any atom is 0.317 e. The van der Waals surface area contributed by atoms with E-state index < -0.39 is 5.97 Å². The number of aryl methyl sites for hydroxylation is 2. The van der Waals surface area contributed by atoms with E-state index in [0.29, 0.717) is 6.61 Å². The molecule has 0 amide bonds. The monoisotopic (exact) mass is 349 g/mol. The molecule has 0 spiro atoms. The van der Waals surface area contributed by atoms with Crippen molar-refractivity contribution in [1.29, 1.82) is 0 Å². The number of nitrogens with zero attached hydrogens (tertiary/aromatic N) is 2. The van der Waals surface area contributed by atoms with Gasteiger partial charge >= 0.3 is 5.97 Å². The lowest BCUT2D eigenvalue weighted by Gasteiger charge is -2.43. The average molecular weight is 349 g/mol. The van der Waals surface area contributed by atoms with Crippen LogP contribution in [-0.4, -0.2) is 65.7 Å². The second kappa shape index (κ2) is 8.54. The second-order valence-electron chi connectivity index (χ2n) is 7.04. The van der Waals surface area contributed by atoms with E-state index >= 15 is 0 Å². The summed E-state index contributed by atoms with van der Waals surface area (Å²) in [7, 11) is 0. The third kappa shape index (κ3) is 5.09. The Kier molecular flexibility index (Phi) is 6.67. The highest BCUT2D eigenvalue weighted by molar-refractivity contribution is 5.69. The lowest BCUT2D eigenvalue weighted by atomic mass is 10.1. The van der Waals surface area contributed by atoms with Crippen molar-refractivity contribution in [3.8, 4) is 5.75 Å². The highest BCUT2D eigenvalue weighted by Gasteiger charge is 2.30. The highest BCUT2D eigenvalue weighted by Crippen LogP contribution is 2.25. The lowest BCUT2D eigenvalue weighted by molar-refractivity contribution is -0.140. The number of rotatable bonds is 7. The minimum absolute atomic E-state index is 0.108. The van der Waals surface area contributed by atoms with Gasteiger partial charge in [-0.1, -0.05) is 6.92 Å². The number of aliphatic carboxylic acids is 1. The Balaban J connectivity index is 1.89. The van der Waals surface area contributed by atoms with E-state index in [1.165, 1.54) is 0 Å². The molecule has 2 rings (SSSR count). The molecule has 1 fully saturated rings. The van der Waals surface area contributed by atoms with Crippen molar-refractivity contribution < 1.29 is 14.6 Å². The molecule has 0 bridgehead atoms. The van der Waals surface area contributed by atoms with Crippen molar-refractivity contribution in [3.63, 3.8) is 0 Å². The Morgan fingerprint density at radius 1 is 1.32 bits per heavy atom. The summed E-state index contributed by atoms with van der Waals surface area (Å²) in [6.45, 7) is 11.6. The number of hydrogen-bond acceptors (Lipinski definition) is 5. The summed E-state index contributed by atoms with van der Waals surface area (Å²) in [5.41, 5.74) is 8.96. The van der Waals surface area contributed by atoms with E-state index in [-0.39, 0.29) is 18.6 Å². The Morgan fingerprint density at radius 3 is 2.52 bits per heavy atom. The fraction of sp³-hybridized carbons (Fsp3) is 0.632. The van der Waals surface area contributed by atoms with Gasteiger partial charge < -0.3 is 15.6 Å². The summed E-state index contributed by atoms with van der Waals surface area (Å²) >= 11 is 0. The van der Waals surface area contributed by atoms with E-state index in [9.17, 15) is 4.79 Å². The van der Waals surface area contributed by atoms with Gasteiger partial charge in [-0.15, -0.1) is 0 Å². The SMILES string of the molecule is CCc1cc(N)c(C)cc1OCCN1C[C@@H](C)N(CC(=O)O)[C@@H](C)C1. The Labute approximate surface area is 150 Å². The van der Waals surface area contributed by atoms with Crippen LogP contribution in [0.15, 0.2) is 12.1 Å². The molecule has 6 heteroatoms. The zero-order valence-corrected chi connectivity index (χ0v) is 15.8. The van der Waals surface area contributed by atoms with E-state index in [0.717, 1.165) is 48.6 Å². The van der Waals surface area contributed by atoms with Crippen molar-refractivity contribution in [1.82, 2.24) is 9.80 Å². The molecular weight excluding hydrogens is 318 g/mol. The number of hydrogen-bond donors (Lipinski definition) is 2. The maximum atomic E-state index is 11.0. The molecule has 1 aromatic rings. The van der Waals surface area contributed by atoms with Gasteiger partial charge in [-0.25, -0.2) is 0 Å². The van der Waals surface area contributed by atoms with Crippen molar-refractivity contribution in [2.24, 2.45) is 0 Å². The first kappa shape index (κ1) is 19.5. The number of carboxylic acids is 1. The molecule has 1 aliphatic rings. The summed E-state index contributed by atoms with van der Waals surface area (Å²) in [6.07, 6.45) is 0.891. The normalized spacial score (nSPS) is 22.1. The second-order valence-corrected chi connectivity index (χ2v) is 7.04. The molecule has 140 valence electrons. The van der Waals surface area contributed by atoms with Gasteiger partial charge in [-0.2, -0.15) is 0 Å². The molecule has 0 aliphatic carbocycles. The van der Waals surface area contributed by atoms with Crippen LogP contribution >= 0.6 is 0 Å². The average Bonchev–Trinajstić information content (AvgIpc) is 2.54. The number of anilines is 1. The molecule has 3 N–H and O–H groups in total. The van der Waals surface area contributed by atoms with Crippen molar-refractivity contribution >= 4 is 11.7 Å². The number of ether oxygens (including phenoxy) is 1. The molecule has 1 heterocycles. The van der Waals surface area contributed by atoms with Gasteiger partial charge in [0.2, 0.25) is 0 Å². The number of benzene rings is 1. The van der Waals surface area contributed by atoms with Crippen molar-refractivity contribution in [3.05, 3.63) is 23.3 Å². The van der Waals surface area contributed by atoms with E-state index in [1.807, 2.05) is 19.1 Å². The number of piperazine rings is 1. The van der Waals surface area contributed by atoms with Gasteiger partial charge in [-0.05, 0) is 50.5 Å². The van der Waals surface area contributed by atoms with Crippen molar-refractivity contribution in [2.45, 2.75) is 46.2 Å². The summed E-state index contributed by atoms with van der Waals surface area (Å²) < 4.78 is 6.02. The summed E-state index contributed by atoms with van der Waals surface area (Å²) in [5, 5.41) is 9.04. The minimum Gasteiger partial charge on any atom is -0.492 e. The van der Waals surface area contributed by atoms with E-state index in [4.69, 9.17) is 15.6 Å². The topological polar surface area (TPSA) is 79.0 Å². The van der Waals surface area contributed by atoms with Crippen LogP contribution in [0.1, 0.15) is 31.9 Å². The predicted octanol–water partition coefficient (Wildman–Crippen LogP) is 2.00. The molecule has 2 atom stereocenters. The van der Waals surface area contributed by atoms with Gasteiger partial charge in [0.15, 0.2) is 0 Å². The fourth-order valence-electron chi connectivity index (χ4n) is 3.56. The van der Waals surface area contributed by atoms with Crippen molar-refractivity contribution in [2.75, 3.05) is 38.5 Å². The van der Waals surface area contributed by atoms with Crippen LogP contribution in [-0.2, 0) is 11.2 Å². The van der Waals surface area contributed by atoms with Crippen LogP contribution in [0.4, 0.5) is 5.69 Å². The number of carboxylic acid groups (broad SMARTS) is 1. The standard InChI is InChI=1S/C19H31N3O3/c1-5-16-9-17(20)13(2)8-18(16)25-7-6-21-10-14(3)22(12-19(23)24)15(4)11-21/h8-9,14-15H,5-7,10-12,20H2,1-4H3,(H,23,24)/t14-,15+. The molecule has 0 saturated carbocycles. The third-order valence-electron chi connectivity index (χ3n) is 4.99. The van der Waals surface area contributed by atoms with Gasteiger partial charge in [0, 0.05) is 37.4 Å². The molecule has 0 unspecified atom stereocenters. The quantitative estimate of drug-likeness (QED) is 0.733. The van der Waals surface area contributed by atoms with Crippen LogP contribution < -0.4 is 10.5 Å². The Morgan fingerprint density at radius 2 is 1.96 bits per heavy atom. The van der Waals surface area contributed by atoms with Crippen LogP contribution in [0.25, 0.3) is 0 Å². The fourth-order valence-corrected chi connectivity index (χ4v) is 3.56. The lowest BCUT2D eigenvalue weighted by Crippen LogP contribution is -2.58. The number of nitrogen functional groups attached to an aromatic ring is 1. The first-order valence-corrected chi connectivity index (χ1v) is 9.03. The van der Waals surface area contributed by atoms with Crippen LogP contribution in [0.3, 0.4) is 0 Å². The Bertz CT molecular complexity index is 594. The molecule has 0 aromatic heterocycles. The zero-order chi connectivity index (χ0) is 18.6. The zero-order valence-electron chi connectivity index (χ0n) is 15.8. The third-order valence-corrected chi connectivity index (χ3v) is 4.99. The molecular formula is C19H31N3O3. The van der Waals surface area contributed by atoms with Crippen LogP contribution in [0, 0.1) is 6.92 Å². The summed E-state index contributed by atoms with van der Waals surface area (Å²) in [5.74, 6) is 0.154. The highest BCUT2D eigenvalue weighted by atomic mass is 16.5. The Hall–Kier alpha value is -1.79. The first-order valence-electron chi connectivity index (χ1n) is 9.03. The van der Waals surface area contributed by atoms with Crippen LogP contribution in [0.5, 0.6) is 5.75 Å². The predicted molar refractivity (Wildman–Crippen MR) is 100 cm³/mol. The van der Waals surface area contributed by atoms with Gasteiger partial charge in [0.1, 0.15) is 12.4 Å². The van der Waals surface area contributed by atoms with E-state index in [1.54, 1.807) is 0 Å². The van der Waals surface area contributed by atoms with Gasteiger partial charge in [0.05, 0.1) is 6.54 Å². The van der Waals surface area contributed by atoms with Gasteiger partial charge in [0.25, 0.3) is 0 Å².